The summed E-state index contributed by atoms with van der Waals surface area (Å²) in [6, 6.07) is 1.69. The summed E-state index contributed by atoms with van der Waals surface area (Å²) in [5.74, 6) is -0.429. The number of hydrogen-bond acceptors (Lipinski definition) is 2. The molecule has 1 saturated carbocycles. The Morgan fingerprint density at radius 2 is 1.95 bits per heavy atom. The normalized spacial score (nSPS) is 17.5. The lowest BCUT2D eigenvalue weighted by molar-refractivity contribution is -0.137. The Balaban J connectivity index is 2.18. The molecule has 0 bridgehead atoms. The second-order valence-corrected chi connectivity index (χ2v) is 4.86. The van der Waals surface area contributed by atoms with Crippen LogP contribution >= 0.6 is 0 Å². The molecule has 106 valence electrons. The highest BCUT2D eigenvalue weighted by Crippen LogP contribution is 2.32. The van der Waals surface area contributed by atoms with Gasteiger partial charge in [-0.3, -0.25) is 0 Å². The molecule has 2 rings (SSSR count). The first-order valence-electron chi connectivity index (χ1n) is 6.12. The lowest BCUT2D eigenvalue weighted by atomic mass is 10.0. The molecule has 0 spiro atoms. The highest BCUT2D eigenvalue weighted by Gasteiger charge is 2.32. The van der Waals surface area contributed by atoms with E-state index in [0.29, 0.717) is 18.5 Å². The van der Waals surface area contributed by atoms with Gasteiger partial charge in [-0.2, -0.15) is 13.2 Å². The summed E-state index contributed by atoms with van der Waals surface area (Å²) in [5, 5.41) is 12.2. The number of alkyl halides is 3. The first-order chi connectivity index (χ1) is 8.90. The molecule has 0 heterocycles. The summed E-state index contributed by atoms with van der Waals surface area (Å²) in [5.41, 5.74) is -0.912. The Labute approximate surface area is 108 Å². The Kier molecular flexibility index (Phi) is 4.10. The van der Waals surface area contributed by atoms with E-state index in [2.05, 4.69) is 5.32 Å². The maximum Gasteiger partial charge on any atom is 0.416 e. The third-order valence-corrected chi connectivity index (χ3v) is 3.18. The number of aliphatic hydroxyl groups is 1. The van der Waals surface area contributed by atoms with Crippen molar-refractivity contribution in [3.8, 4) is 0 Å². The zero-order chi connectivity index (χ0) is 14.0. The second kappa shape index (κ2) is 5.46. The molecule has 19 heavy (non-hydrogen) atoms. The van der Waals surface area contributed by atoms with E-state index in [1.807, 2.05) is 0 Å². The highest BCUT2D eigenvalue weighted by atomic mass is 19.4. The van der Waals surface area contributed by atoms with Crippen molar-refractivity contribution in [3.63, 3.8) is 0 Å². The van der Waals surface area contributed by atoms with E-state index >= 15 is 0 Å². The van der Waals surface area contributed by atoms with E-state index in [1.54, 1.807) is 0 Å². The predicted octanol–water partition coefficient (Wildman–Crippen LogP) is 2.88. The van der Waals surface area contributed by atoms with E-state index < -0.39 is 23.6 Å². The van der Waals surface area contributed by atoms with Gasteiger partial charge < -0.3 is 10.4 Å². The SMILES string of the molecule is OCC(NCC1CC1)c1cc(F)cc(C(F)(F)F)c1. The zero-order valence-corrected chi connectivity index (χ0v) is 10.2. The van der Waals surface area contributed by atoms with Crippen LogP contribution in [0, 0.1) is 11.7 Å². The summed E-state index contributed by atoms with van der Waals surface area (Å²) in [6.45, 7) is 0.260. The topological polar surface area (TPSA) is 32.3 Å². The molecule has 0 aliphatic heterocycles. The fourth-order valence-electron chi connectivity index (χ4n) is 1.90. The molecule has 0 amide bonds. The minimum absolute atomic E-state index is 0.121. The molecule has 6 heteroatoms. The van der Waals surface area contributed by atoms with Gasteiger partial charge in [-0.1, -0.05) is 0 Å². The van der Waals surface area contributed by atoms with Crippen LogP contribution in [0.1, 0.15) is 30.0 Å². The molecule has 1 unspecified atom stereocenters. The smallest absolute Gasteiger partial charge is 0.394 e. The number of halogens is 4. The molecule has 2 N–H and O–H groups in total. The third kappa shape index (κ3) is 3.91. The van der Waals surface area contributed by atoms with Crippen LogP contribution < -0.4 is 5.32 Å². The summed E-state index contributed by atoms with van der Waals surface area (Å²) >= 11 is 0. The number of benzene rings is 1. The lowest BCUT2D eigenvalue weighted by Crippen LogP contribution is -2.27. The van der Waals surface area contributed by atoms with Crippen molar-refractivity contribution in [1.82, 2.24) is 5.32 Å². The van der Waals surface area contributed by atoms with E-state index in [1.165, 1.54) is 0 Å². The lowest BCUT2D eigenvalue weighted by Gasteiger charge is -2.18. The van der Waals surface area contributed by atoms with Crippen LogP contribution in [0.2, 0.25) is 0 Å². The van der Waals surface area contributed by atoms with Gasteiger partial charge in [-0.05, 0) is 49.1 Å². The summed E-state index contributed by atoms with van der Waals surface area (Å²) < 4.78 is 51.0. The van der Waals surface area contributed by atoms with E-state index in [9.17, 15) is 22.7 Å². The van der Waals surface area contributed by atoms with Crippen molar-refractivity contribution in [3.05, 3.63) is 35.1 Å². The van der Waals surface area contributed by atoms with E-state index in [-0.39, 0.29) is 12.2 Å². The van der Waals surface area contributed by atoms with E-state index in [4.69, 9.17) is 0 Å². The molecule has 2 nitrogen and oxygen atoms in total. The van der Waals surface area contributed by atoms with E-state index in [0.717, 1.165) is 25.0 Å². The van der Waals surface area contributed by atoms with Gasteiger partial charge in [0.15, 0.2) is 0 Å². The van der Waals surface area contributed by atoms with Crippen LogP contribution in [-0.4, -0.2) is 18.3 Å². The third-order valence-electron chi connectivity index (χ3n) is 3.18. The summed E-state index contributed by atoms with van der Waals surface area (Å²) in [7, 11) is 0. The molecule has 0 saturated heterocycles. The van der Waals surface area contributed by atoms with Crippen LogP contribution in [0.15, 0.2) is 18.2 Å². The van der Waals surface area contributed by atoms with Crippen LogP contribution in [0.3, 0.4) is 0 Å². The second-order valence-electron chi connectivity index (χ2n) is 4.86. The molecule has 1 aliphatic rings. The fraction of sp³-hybridized carbons (Fsp3) is 0.538. The Morgan fingerprint density at radius 1 is 1.26 bits per heavy atom. The first kappa shape index (κ1) is 14.3. The largest absolute Gasteiger partial charge is 0.416 e. The minimum Gasteiger partial charge on any atom is -0.394 e. The molecular formula is C13H15F4NO. The number of rotatable bonds is 5. The molecule has 1 aliphatic carbocycles. The highest BCUT2D eigenvalue weighted by molar-refractivity contribution is 5.29. The van der Waals surface area contributed by atoms with Crippen LogP contribution in [0.5, 0.6) is 0 Å². The zero-order valence-electron chi connectivity index (χ0n) is 10.2. The Bertz CT molecular complexity index is 443. The molecule has 0 radical (unpaired) electrons. The van der Waals surface area contributed by atoms with Crippen LogP contribution in [-0.2, 0) is 6.18 Å². The molecule has 0 aromatic heterocycles. The molecule has 1 fully saturated rings. The van der Waals surface area contributed by atoms with Crippen molar-refractivity contribution in [2.45, 2.75) is 25.1 Å². The maximum absolute atomic E-state index is 13.3. The monoisotopic (exact) mass is 277 g/mol. The molecular weight excluding hydrogens is 262 g/mol. The van der Waals surface area contributed by atoms with Crippen molar-refractivity contribution in [2.24, 2.45) is 5.92 Å². The molecule has 1 atom stereocenters. The Morgan fingerprint density at radius 3 is 2.47 bits per heavy atom. The van der Waals surface area contributed by atoms with Crippen molar-refractivity contribution >= 4 is 0 Å². The molecule has 1 aromatic rings. The van der Waals surface area contributed by atoms with Gasteiger partial charge in [0, 0.05) is 0 Å². The quantitative estimate of drug-likeness (QED) is 0.811. The van der Waals surface area contributed by atoms with Gasteiger partial charge in [-0.15, -0.1) is 0 Å². The summed E-state index contributed by atoms with van der Waals surface area (Å²) in [4.78, 5) is 0. The minimum atomic E-state index is -4.59. The van der Waals surface area contributed by atoms with Gasteiger partial charge in [-0.25, -0.2) is 4.39 Å². The average Bonchev–Trinajstić information content (AvgIpc) is 3.12. The number of aliphatic hydroxyl groups excluding tert-OH is 1. The van der Waals surface area contributed by atoms with Crippen LogP contribution in [0.4, 0.5) is 17.6 Å². The standard InChI is InChI=1S/C13H15F4NO/c14-11-4-9(3-10(5-11)13(15,16)17)12(7-19)18-6-8-1-2-8/h3-5,8,12,18-19H,1-2,6-7H2. The van der Waals surface area contributed by atoms with Gasteiger partial charge in [0.1, 0.15) is 5.82 Å². The van der Waals surface area contributed by atoms with Crippen molar-refractivity contribution < 1.29 is 22.7 Å². The average molecular weight is 277 g/mol. The maximum atomic E-state index is 13.3. The summed E-state index contributed by atoms with van der Waals surface area (Å²) in [6.07, 6.45) is -2.42. The Hall–Kier alpha value is -1.14. The number of nitrogens with one attached hydrogen (secondary N) is 1. The van der Waals surface area contributed by atoms with Crippen molar-refractivity contribution in [2.75, 3.05) is 13.2 Å². The van der Waals surface area contributed by atoms with Gasteiger partial charge in [0.25, 0.3) is 0 Å². The van der Waals surface area contributed by atoms with Gasteiger partial charge in [0.2, 0.25) is 0 Å². The van der Waals surface area contributed by atoms with Gasteiger partial charge >= 0.3 is 6.18 Å². The predicted molar refractivity (Wildman–Crippen MR) is 62.0 cm³/mol. The van der Waals surface area contributed by atoms with Crippen LogP contribution in [0.25, 0.3) is 0 Å². The first-order valence-corrected chi connectivity index (χ1v) is 6.12. The van der Waals surface area contributed by atoms with Gasteiger partial charge in [0.05, 0.1) is 18.2 Å². The fourth-order valence-corrected chi connectivity index (χ4v) is 1.90. The molecule has 1 aromatic carbocycles. The number of hydrogen-bond donors (Lipinski definition) is 2. The van der Waals surface area contributed by atoms with Crippen molar-refractivity contribution in [1.29, 1.82) is 0 Å².